The summed E-state index contributed by atoms with van der Waals surface area (Å²) in [6.45, 7) is 2.25. The molecule has 4 aromatic rings. The van der Waals surface area contributed by atoms with E-state index in [-0.39, 0.29) is 17.5 Å². The van der Waals surface area contributed by atoms with Crippen LogP contribution in [0.5, 0.6) is 0 Å². The summed E-state index contributed by atoms with van der Waals surface area (Å²) >= 11 is 0. The molecule has 0 aliphatic carbocycles. The Morgan fingerprint density at radius 1 is 1.06 bits per heavy atom. The maximum atomic E-state index is 13.8. The van der Waals surface area contributed by atoms with Crippen LogP contribution in [0.25, 0.3) is 22.3 Å². The molecular weight excluding hydrogens is 421 g/mol. The van der Waals surface area contributed by atoms with Crippen LogP contribution in [-0.2, 0) is 20.5 Å². The molecule has 0 radical (unpaired) electrons. The van der Waals surface area contributed by atoms with Crippen molar-refractivity contribution in [3.8, 4) is 11.3 Å². The van der Waals surface area contributed by atoms with Crippen molar-refractivity contribution in [1.82, 2.24) is 29.4 Å². The zero-order valence-corrected chi connectivity index (χ0v) is 17.6. The lowest BCUT2D eigenvalue weighted by Gasteiger charge is -2.33. The summed E-state index contributed by atoms with van der Waals surface area (Å²) in [6.07, 6.45) is 3.63. The van der Waals surface area contributed by atoms with Gasteiger partial charge in [0.25, 0.3) is 5.91 Å². The number of halogens is 3. The van der Waals surface area contributed by atoms with Crippen molar-refractivity contribution >= 4 is 16.9 Å². The zero-order valence-electron chi connectivity index (χ0n) is 17.6. The van der Waals surface area contributed by atoms with Crippen LogP contribution in [0.1, 0.15) is 34.6 Å². The van der Waals surface area contributed by atoms with E-state index in [1.807, 2.05) is 6.92 Å². The highest BCUT2D eigenvalue weighted by atomic mass is 19.2. The van der Waals surface area contributed by atoms with Gasteiger partial charge in [-0.1, -0.05) is 0 Å². The molecule has 1 unspecified atom stereocenters. The summed E-state index contributed by atoms with van der Waals surface area (Å²) in [4.78, 5) is 19.3. The number of amides is 1. The van der Waals surface area contributed by atoms with E-state index in [4.69, 9.17) is 0 Å². The minimum atomic E-state index is -1.51. The Hall–Kier alpha value is -3.69. The number of carbonyl (C=O) groups excluding carboxylic acids is 1. The van der Waals surface area contributed by atoms with Gasteiger partial charge in [0.05, 0.1) is 29.2 Å². The number of hydrogen-bond acceptors (Lipinski definition) is 4. The third-order valence-electron chi connectivity index (χ3n) is 5.98. The SMILES string of the molecule is CC1c2nn(C)c(-c3cc(F)c(F)c(F)c3)c2CCN1C(=O)c1cnc2c(cnn2C)c1. The first-order valence-corrected chi connectivity index (χ1v) is 10.1. The lowest BCUT2D eigenvalue weighted by atomic mass is 9.95. The van der Waals surface area contributed by atoms with Gasteiger partial charge >= 0.3 is 0 Å². The van der Waals surface area contributed by atoms with Crippen LogP contribution in [0.15, 0.2) is 30.6 Å². The molecule has 0 spiro atoms. The maximum Gasteiger partial charge on any atom is 0.256 e. The van der Waals surface area contributed by atoms with E-state index in [1.165, 1.54) is 10.9 Å². The molecule has 164 valence electrons. The van der Waals surface area contributed by atoms with E-state index in [0.29, 0.717) is 35.6 Å². The van der Waals surface area contributed by atoms with E-state index in [0.717, 1.165) is 23.1 Å². The minimum absolute atomic E-state index is 0.188. The number of nitrogens with zero attached hydrogens (tertiary/aromatic N) is 6. The Morgan fingerprint density at radius 3 is 2.50 bits per heavy atom. The highest BCUT2D eigenvalue weighted by Crippen LogP contribution is 2.36. The molecule has 3 aromatic heterocycles. The standard InChI is InChI=1S/C22H19F3N6O/c1-11-19-15(20(29(2)28-19)12-7-16(23)18(25)17(24)8-12)4-5-31(11)22(32)14-6-13-10-27-30(3)21(13)26-9-14/h6-11H,4-5H2,1-3H3. The van der Waals surface area contributed by atoms with Gasteiger partial charge in [-0.3, -0.25) is 14.2 Å². The first-order chi connectivity index (χ1) is 15.3. The van der Waals surface area contributed by atoms with Gasteiger partial charge in [-0.25, -0.2) is 18.2 Å². The molecule has 0 bridgehead atoms. The number of aryl methyl sites for hydroxylation is 2. The number of pyridine rings is 1. The minimum Gasteiger partial charge on any atom is -0.330 e. The maximum absolute atomic E-state index is 13.8. The molecule has 5 rings (SSSR count). The number of carbonyl (C=O) groups is 1. The van der Waals surface area contributed by atoms with Crippen LogP contribution in [0.3, 0.4) is 0 Å². The lowest BCUT2D eigenvalue weighted by Crippen LogP contribution is -2.39. The quantitative estimate of drug-likeness (QED) is 0.447. The van der Waals surface area contributed by atoms with Crippen molar-refractivity contribution in [2.24, 2.45) is 14.1 Å². The Bertz CT molecular complexity index is 1370. The van der Waals surface area contributed by atoms with Crippen molar-refractivity contribution < 1.29 is 18.0 Å². The predicted molar refractivity (Wildman–Crippen MR) is 110 cm³/mol. The molecule has 7 nitrogen and oxygen atoms in total. The van der Waals surface area contributed by atoms with Gasteiger partial charge in [-0.2, -0.15) is 10.2 Å². The third kappa shape index (κ3) is 2.97. The molecule has 0 saturated heterocycles. The fraction of sp³-hybridized carbons (Fsp3) is 0.273. The molecule has 0 fully saturated rings. The van der Waals surface area contributed by atoms with Crippen LogP contribution in [0, 0.1) is 17.5 Å². The number of aromatic nitrogens is 5. The van der Waals surface area contributed by atoms with Crippen molar-refractivity contribution in [3.63, 3.8) is 0 Å². The highest BCUT2D eigenvalue weighted by molar-refractivity contribution is 5.97. The van der Waals surface area contributed by atoms with Crippen molar-refractivity contribution in [3.05, 3.63) is 64.9 Å². The third-order valence-corrected chi connectivity index (χ3v) is 5.98. The topological polar surface area (TPSA) is 68.8 Å². The summed E-state index contributed by atoms with van der Waals surface area (Å²) in [5.74, 6) is -4.20. The fourth-order valence-electron chi connectivity index (χ4n) is 4.40. The van der Waals surface area contributed by atoms with E-state index in [2.05, 4.69) is 15.2 Å². The summed E-state index contributed by atoms with van der Waals surface area (Å²) in [5, 5.41) is 9.44. The fourth-order valence-corrected chi connectivity index (χ4v) is 4.40. The van der Waals surface area contributed by atoms with Crippen LogP contribution >= 0.6 is 0 Å². The molecule has 1 atom stereocenters. The van der Waals surface area contributed by atoms with Crippen LogP contribution in [0.4, 0.5) is 13.2 Å². The second-order valence-corrected chi connectivity index (χ2v) is 7.92. The van der Waals surface area contributed by atoms with Gasteiger partial charge in [0.15, 0.2) is 23.1 Å². The Kier molecular flexibility index (Phi) is 4.54. The van der Waals surface area contributed by atoms with Crippen LogP contribution in [0.2, 0.25) is 0 Å². The average molecular weight is 440 g/mol. The lowest BCUT2D eigenvalue weighted by molar-refractivity contribution is 0.0673. The second kappa shape index (κ2) is 7.18. The van der Waals surface area contributed by atoms with Gasteiger partial charge < -0.3 is 4.90 Å². The van der Waals surface area contributed by atoms with Crippen molar-refractivity contribution in [1.29, 1.82) is 0 Å². The van der Waals surface area contributed by atoms with E-state index in [9.17, 15) is 18.0 Å². The number of benzene rings is 1. The highest BCUT2D eigenvalue weighted by Gasteiger charge is 2.34. The van der Waals surface area contributed by atoms with E-state index in [1.54, 1.807) is 35.9 Å². The van der Waals surface area contributed by atoms with E-state index < -0.39 is 17.5 Å². The number of fused-ring (bicyclic) bond motifs is 2. The molecule has 0 saturated carbocycles. The van der Waals surface area contributed by atoms with Gasteiger partial charge in [0.1, 0.15) is 0 Å². The molecule has 1 aliphatic heterocycles. The van der Waals surface area contributed by atoms with Gasteiger partial charge in [-0.05, 0) is 31.5 Å². The smallest absolute Gasteiger partial charge is 0.256 e. The monoisotopic (exact) mass is 440 g/mol. The largest absolute Gasteiger partial charge is 0.330 e. The second-order valence-electron chi connectivity index (χ2n) is 7.92. The van der Waals surface area contributed by atoms with Crippen LogP contribution in [-0.4, -0.2) is 41.9 Å². The molecule has 1 aliphatic rings. The van der Waals surface area contributed by atoms with Gasteiger partial charge in [0, 0.05) is 43.4 Å². The average Bonchev–Trinajstić information content (AvgIpc) is 3.31. The zero-order chi connectivity index (χ0) is 22.7. The van der Waals surface area contributed by atoms with Crippen LogP contribution < -0.4 is 0 Å². The normalized spacial score (nSPS) is 15.9. The molecule has 10 heteroatoms. The molecular formula is C22H19F3N6O. The molecule has 32 heavy (non-hydrogen) atoms. The first kappa shape index (κ1) is 20.2. The Labute approximate surface area is 181 Å². The summed E-state index contributed by atoms with van der Waals surface area (Å²) in [7, 11) is 3.44. The molecule has 1 amide bonds. The first-order valence-electron chi connectivity index (χ1n) is 10.1. The molecule has 4 heterocycles. The Balaban J connectivity index is 1.50. The summed E-state index contributed by atoms with van der Waals surface area (Å²) < 4.78 is 44.2. The summed E-state index contributed by atoms with van der Waals surface area (Å²) in [6, 6.07) is 3.32. The molecule has 1 aromatic carbocycles. The number of hydrogen-bond donors (Lipinski definition) is 0. The number of rotatable bonds is 2. The molecule has 0 N–H and O–H groups in total. The van der Waals surface area contributed by atoms with Gasteiger partial charge in [-0.15, -0.1) is 0 Å². The van der Waals surface area contributed by atoms with E-state index >= 15 is 0 Å². The van der Waals surface area contributed by atoms with Gasteiger partial charge in [0.2, 0.25) is 0 Å². The predicted octanol–water partition coefficient (Wildman–Crippen LogP) is 3.55. The van der Waals surface area contributed by atoms with Crippen molar-refractivity contribution in [2.75, 3.05) is 6.54 Å². The van der Waals surface area contributed by atoms with Crippen molar-refractivity contribution in [2.45, 2.75) is 19.4 Å². The summed E-state index contributed by atoms with van der Waals surface area (Å²) in [5.41, 5.74) is 3.27. The Morgan fingerprint density at radius 2 is 1.78 bits per heavy atom.